The van der Waals surface area contributed by atoms with E-state index in [4.69, 9.17) is 23.2 Å². The Kier molecular flexibility index (Phi) is 5.58. The van der Waals surface area contributed by atoms with Gasteiger partial charge in [0, 0.05) is 34.9 Å². The molecule has 8 nitrogen and oxygen atoms in total. The van der Waals surface area contributed by atoms with Crippen molar-refractivity contribution >= 4 is 51.6 Å². The van der Waals surface area contributed by atoms with Gasteiger partial charge in [0.2, 0.25) is 5.91 Å². The van der Waals surface area contributed by atoms with Gasteiger partial charge in [-0.3, -0.25) is 9.89 Å². The summed E-state index contributed by atoms with van der Waals surface area (Å²) in [5.41, 5.74) is 1.48. The largest absolute Gasteiger partial charge is 0.373 e. The van der Waals surface area contributed by atoms with E-state index in [-0.39, 0.29) is 18.0 Å². The first-order valence-electron chi connectivity index (χ1n) is 10.5. The van der Waals surface area contributed by atoms with Crippen LogP contribution in [0.3, 0.4) is 0 Å². The molecule has 0 unspecified atom stereocenters. The molecule has 3 aromatic rings. The fourth-order valence-electron chi connectivity index (χ4n) is 4.23. The van der Waals surface area contributed by atoms with E-state index in [0.29, 0.717) is 28.2 Å². The van der Waals surface area contributed by atoms with Gasteiger partial charge in [-0.1, -0.05) is 23.2 Å². The number of hydrogen-bond acceptors (Lipinski definition) is 6. The fraction of sp³-hybridized carbons (Fsp3) is 0.429. The van der Waals surface area contributed by atoms with Gasteiger partial charge in [-0.15, -0.1) is 0 Å². The van der Waals surface area contributed by atoms with E-state index in [9.17, 15) is 4.79 Å². The van der Waals surface area contributed by atoms with Crippen LogP contribution >= 0.6 is 23.2 Å². The Morgan fingerprint density at radius 1 is 1.16 bits per heavy atom. The Balaban J connectivity index is 1.28. The molecule has 0 spiro atoms. The van der Waals surface area contributed by atoms with E-state index in [1.165, 1.54) is 0 Å². The van der Waals surface area contributed by atoms with Crippen LogP contribution in [-0.2, 0) is 4.79 Å². The van der Waals surface area contributed by atoms with E-state index in [0.717, 1.165) is 49.1 Å². The summed E-state index contributed by atoms with van der Waals surface area (Å²) in [6.45, 7) is 1.58. The molecule has 2 aromatic heterocycles. The number of fused-ring (bicyclic) bond motifs is 1. The Bertz CT molecular complexity index is 1080. The van der Waals surface area contributed by atoms with Crippen LogP contribution in [0.4, 0.5) is 11.5 Å². The molecule has 3 heterocycles. The zero-order valence-corrected chi connectivity index (χ0v) is 18.3. The van der Waals surface area contributed by atoms with Crippen molar-refractivity contribution in [3.8, 4) is 0 Å². The Hall–Kier alpha value is -2.58. The van der Waals surface area contributed by atoms with E-state index in [1.54, 1.807) is 30.7 Å². The molecule has 2 atom stereocenters. The quantitative estimate of drug-likeness (QED) is 0.520. The lowest BCUT2D eigenvalue weighted by molar-refractivity contribution is -0.123. The van der Waals surface area contributed by atoms with Gasteiger partial charge < -0.3 is 15.5 Å². The molecule has 1 aromatic carbocycles. The van der Waals surface area contributed by atoms with E-state index in [2.05, 4.69) is 35.7 Å². The molecular weight excluding hydrogens is 437 g/mol. The van der Waals surface area contributed by atoms with Crippen LogP contribution < -0.4 is 15.5 Å². The maximum absolute atomic E-state index is 13.2. The Labute approximate surface area is 189 Å². The molecule has 3 N–H and O–H groups in total. The number of amides is 1. The minimum atomic E-state index is -0.301. The molecule has 5 rings (SSSR count). The monoisotopic (exact) mass is 459 g/mol. The van der Waals surface area contributed by atoms with E-state index < -0.39 is 0 Å². The molecule has 162 valence electrons. The topological polar surface area (TPSA) is 98.8 Å². The second-order valence-electron chi connectivity index (χ2n) is 8.24. The number of aromatic nitrogens is 4. The number of nitrogens with zero attached hydrogens (tertiary/aromatic N) is 4. The Morgan fingerprint density at radius 2 is 1.97 bits per heavy atom. The van der Waals surface area contributed by atoms with Crippen LogP contribution in [0.25, 0.3) is 11.0 Å². The first-order chi connectivity index (χ1) is 15.1. The average Bonchev–Trinajstić information content (AvgIpc) is 3.46. The molecule has 1 saturated heterocycles. The molecule has 0 radical (unpaired) electrons. The van der Waals surface area contributed by atoms with Crippen molar-refractivity contribution in [1.82, 2.24) is 25.5 Å². The van der Waals surface area contributed by atoms with Crippen LogP contribution in [0.5, 0.6) is 0 Å². The van der Waals surface area contributed by atoms with Crippen LogP contribution in [0, 0.1) is 5.92 Å². The highest BCUT2D eigenvalue weighted by molar-refractivity contribution is 6.35. The molecule has 1 aliphatic heterocycles. The second-order valence-corrected chi connectivity index (χ2v) is 9.11. The first-order valence-corrected chi connectivity index (χ1v) is 11.2. The predicted octanol–water partition coefficient (Wildman–Crippen LogP) is 3.64. The molecule has 31 heavy (non-hydrogen) atoms. The van der Waals surface area contributed by atoms with Gasteiger partial charge in [0.1, 0.15) is 18.2 Å². The lowest BCUT2D eigenvalue weighted by atomic mass is 10.0. The third-order valence-corrected chi connectivity index (χ3v) is 6.29. The summed E-state index contributed by atoms with van der Waals surface area (Å²) in [5, 5.41) is 15.5. The second kappa shape index (κ2) is 8.51. The van der Waals surface area contributed by atoms with Gasteiger partial charge in [-0.25, -0.2) is 9.97 Å². The van der Waals surface area contributed by atoms with E-state index >= 15 is 0 Å². The van der Waals surface area contributed by atoms with Gasteiger partial charge >= 0.3 is 0 Å². The van der Waals surface area contributed by atoms with Gasteiger partial charge in [-0.05, 0) is 49.8 Å². The van der Waals surface area contributed by atoms with Gasteiger partial charge in [0.15, 0.2) is 5.65 Å². The number of carbonyl (C=O) groups excluding carboxylic acids is 1. The molecule has 2 aliphatic rings. The highest BCUT2D eigenvalue weighted by atomic mass is 35.5. The van der Waals surface area contributed by atoms with Crippen molar-refractivity contribution in [3.05, 3.63) is 40.8 Å². The summed E-state index contributed by atoms with van der Waals surface area (Å²) in [6.07, 6.45) is 7.27. The summed E-state index contributed by atoms with van der Waals surface area (Å²) in [4.78, 5) is 24.1. The van der Waals surface area contributed by atoms with Crippen molar-refractivity contribution in [1.29, 1.82) is 0 Å². The van der Waals surface area contributed by atoms with Crippen molar-refractivity contribution in [3.63, 3.8) is 0 Å². The molecule has 1 saturated carbocycles. The van der Waals surface area contributed by atoms with Crippen molar-refractivity contribution in [2.45, 2.75) is 37.8 Å². The summed E-state index contributed by atoms with van der Waals surface area (Å²) in [7, 11) is 0. The summed E-state index contributed by atoms with van der Waals surface area (Å²) >= 11 is 12.2. The highest BCUT2D eigenvalue weighted by Gasteiger charge is 2.37. The standard InChI is InChI=1S/C21H23Cl2N7O/c22-13-6-14(23)8-16(7-13)27-18(12-3-4-12)21(31)28-15-2-1-5-30(10-15)20-17-9-26-29-19(17)24-11-25-20/h6-9,11-12,15,18,27H,1-5,10H2,(H,28,31)(H,24,25,26,29)/t15-,18-/m1/s1. The van der Waals surface area contributed by atoms with E-state index in [1.807, 2.05) is 0 Å². The number of hydrogen-bond donors (Lipinski definition) is 3. The third kappa shape index (κ3) is 4.55. The predicted molar refractivity (Wildman–Crippen MR) is 122 cm³/mol. The molecule has 1 amide bonds. The SMILES string of the molecule is O=C(N[C@@H]1CCCN(c2ncnc3[nH]ncc23)C1)[C@H](Nc1cc(Cl)cc(Cl)c1)C1CC1. The lowest BCUT2D eigenvalue weighted by Gasteiger charge is -2.35. The molecule has 10 heteroatoms. The summed E-state index contributed by atoms with van der Waals surface area (Å²) < 4.78 is 0. The third-order valence-electron chi connectivity index (χ3n) is 5.85. The van der Waals surface area contributed by atoms with Gasteiger partial charge in [0.05, 0.1) is 11.6 Å². The average molecular weight is 460 g/mol. The number of halogens is 2. The summed E-state index contributed by atoms with van der Waals surface area (Å²) in [6, 6.07) is 5.02. The summed E-state index contributed by atoms with van der Waals surface area (Å²) in [5.74, 6) is 1.19. The number of carbonyl (C=O) groups is 1. The van der Waals surface area contributed by atoms with Crippen LogP contribution in [0.1, 0.15) is 25.7 Å². The number of rotatable bonds is 6. The normalized spacial score (nSPS) is 19.9. The first kappa shape index (κ1) is 20.3. The number of aromatic amines is 1. The number of nitrogens with one attached hydrogen (secondary N) is 3. The number of anilines is 2. The number of piperidine rings is 1. The van der Waals surface area contributed by atoms with Crippen LogP contribution in [0.2, 0.25) is 10.0 Å². The fourth-order valence-corrected chi connectivity index (χ4v) is 4.75. The smallest absolute Gasteiger partial charge is 0.243 e. The molecule has 0 bridgehead atoms. The van der Waals surface area contributed by atoms with Crippen LogP contribution in [0.15, 0.2) is 30.7 Å². The van der Waals surface area contributed by atoms with Crippen molar-refractivity contribution < 1.29 is 4.79 Å². The minimum absolute atomic E-state index is 0.0154. The zero-order chi connectivity index (χ0) is 21.4. The van der Waals surface area contributed by atoms with Crippen molar-refractivity contribution in [2.75, 3.05) is 23.3 Å². The lowest BCUT2D eigenvalue weighted by Crippen LogP contribution is -2.52. The Morgan fingerprint density at radius 3 is 2.74 bits per heavy atom. The van der Waals surface area contributed by atoms with Gasteiger partial charge in [0.25, 0.3) is 0 Å². The highest BCUT2D eigenvalue weighted by Crippen LogP contribution is 2.35. The molecule has 2 fully saturated rings. The minimum Gasteiger partial charge on any atom is -0.373 e. The maximum Gasteiger partial charge on any atom is 0.243 e. The van der Waals surface area contributed by atoms with Gasteiger partial charge in [-0.2, -0.15) is 5.10 Å². The molecule has 1 aliphatic carbocycles. The maximum atomic E-state index is 13.2. The zero-order valence-electron chi connectivity index (χ0n) is 16.8. The number of H-pyrrole nitrogens is 1. The van der Waals surface area contributed by atoms with Crippen LogP contribution in [-0.4, -0.2) is 51.2 Å². The van der Waals surface area contributed by atoms with Crippen molar-refractivity contribution in [2.24, 2.45) is 5.92 Å². The number of benzene rings is 1. The molecular formula is C21H23Cl2N7O.